The lowest BCUT2D eigenvalue weighted by molar-refractivity contribution is 0.211. The average molecular weight is 398 g/mol. The van der Waals surface area contributed by atoms with Crippen LogP contribution in [0.25, 0.3) is 11.1 Å². The first-order valence-electron chi connectivity index (χ1n) is 8.67. The van der Waals surface area contributed by atoms with E-state index in [1.807, 2.05) is 42.5 Å². The van der Waals surface area contributed by atoms with Crippen LogP contribution < -0.4 is 14.2 Å². The maximum Gasteiger partial charge on any atom is 0.179 e. The molecule has 0 atom stereocenters. The minimum absolute atomic E-state index is 0.296. The maximum absolute atomic E-state index is 8.64. The number of methoxy groups -OCH3 is 1. The molecule has 0 unspecified atom stereocenters. The van der Waals surface area contributed by atoms with Crippen molar-refractivity contribution in [2.75, 3.05) is 20.3 Å². The van der Waals surface area contributed by atoms with Gasteiger partial charge in [-0.2, -0.15) is 0 Å². The Morgan fingerprint density at radius 1 is 0.929 bits per heavy atom. The van der Waals surface area contributed by atoms with Crippen LogP contribution in [0.5, 0.6) is 17.2 Å². The van der Waals surface area contributed by atoms with Crippen LogP contribution in [-0.4, -0.2) is 31.7 Å². The smallest absolute Gasteiger partial charge is 0.179 e. The zero-order chi connectivity index (χ0) is 19.8. The standard InChI is InChI=1S/C22H20ClNO4/c1-26-21-14-16(15-24-25)13-20(23)22(21)28-12-11-27-19-9-7-18(8-10-19)17-5-3-2-4-6-17/h2-10,13-15,25H,11-12H2,1H3. The highest BCUT2D eigenvalue weighted by molar-refractivity contribution is 6.32. The number of rotatable bonds is 8. The fourth-order valence-corrected chi connectivity index (χ4v) is 2.97. The Kier molecular flexibility index (Phi) is 6.76. The van der Waals surface area contributed by atoms with E-state index in [9.17, 15) is 0 Å². The molecule has 0 saturated carbocycles. The van der Waals surface area contributed by atoms with E-state index >= 15 is 0 Å². The molecule has 5 nitrogen and oxygen atoms in total. The van der Waals surface area contributed by atoms with Gasteiger partial charge in [-0.15, -0.1) is 0 Å². The van der Waals surface area contributed by atoms with Crippen LogP contribution in [0.1, 0.15) is 5.56 Å². The van der Waals surface area contributed by atoms with E-state index in [0.717, 1.165) is 16.9 Å². The van der Waals surface area contributed by atoms with Gasteiger partial charge in [-0.05, 0) is 35.4 Å². The molecule has 144 valence electrons. The molecule has 0 heterocycles. The number of hydrogen-bond donors (Lipinski definition) is 1. The fourth-order valence-electron chi connectivity index (χ4n) is 2.70. The fraction of sp³-hybridized carbons (Fsp3) is 0.136. The van der Waals surface area contributed by atoms with Crippen molar-refractivity contribution >= 4 is 17.8 Å². The van der Waals surface area contributed by atoms with Gasteiger partial charge in [0.25, 0.3) is 0 Å². The van der Waals surface area contributed by atoms with Crippen molar-refractivity contribution in [1.82, 2.24) is 0 Å². The molecule has 3 rings (SSSR count). The Morgan fingerprint density at radius 2 is 1.61 bits per heavy atom. The molecule has 28 heavy (non-hydrogen) atoms. The zero-order valence-electron chi connectivity index (χ0n) is 15.3. The molecule has 0 radical (unpaired) electrons. The van der Waals surface area contributed by atoms with Crippen molar-refractivity contribution in [3.8, 4) is 28.4 Å². The number of halogens is 1. The first-order valence-corrected chi connectivity index (χ1v) is 9.05. The van der Waals surface area contributed by atoms with E-state index in [1.165, 1.54) is 13.3 Å². The van der Waals surface area contributed by atoms with Crippen molar-refractivity contribution in [3.05, 3.63) is 77.3 Å². The summed E-state index contributed by atoms with van der Waals surface area (Å²) in [5.74, 6) is 1.63. The Hall–Kier alpha value is -3.18. The SMILES string of the molecule is COc1cc(C=NO)cc(Cl)c1OCCOc1ccc(-c2ccccc2)cc1. The van der Waals surface area contributed by atoms with Gasteiger partial charge in [-0.1, -0.05) is 59.2 Å². The zero-order valence-corrected chi connectivity index (χ0v) is 16.1. The molecule has 0 spiro atoms. The van der Waals surface area contributed by atoms with Crippen molar-refractivity contribution in [2.24, 2.45) is 5.16 Å². The Balaban J connectivity index is 1.56. The highest BCUT2D eigenvalue weighted by atomic mass is 35.5. The predicted octanol–water partition coefficient (Wildman–Crippen LogP) is 5.28. The van der Waals surface area contributed by atoms with Crippen LogP contribution in [0.15, 0.2) is 71.9 Å². The molecule has 0 amide bonds. The summed E-state index contributed by atoms with van der Waals surface area (Å²) in [5.41, 5.74) is 2.90. The summed E-state index contributed by atoms with van der Waals surface area (Å²) in [6.07, 6.45) is 1.26. The van der Waals surface area contributed by atoms with Gasteiger partial charge in [0, 0.05) is 5.56 Å². The lowest BCUT2D eigenvalue weighted by atomic mass is 10.1. The quantitative estimate of drug-likeness (QED) is 0.243. The lowest BCUT2D eigenvalue weighted by Gasteiger charge is -2.14. The Morgan fingerprint density at radius 3 is 2.29 bits per heavy atom. The molecule has 3 aromatic rings. The van der Waals surface area contributed by atoms with Gasteiger partial charge in [0.05, 0.1) is 18.3 Å². The largest absolute Gasteiger partial charge is 0.493 e. The van der Waals surface area contributed by atoms with E-state index < -0.39 is 0 Å². The van der Waals surface area contributed by atoms with Gasteiger partial charge in [-0.25, -0.2) is 0 Å². The molecule has 6 heteroatoms. The van der Waals surface area contributed by atoms with E-state index in [-0.39, 0.29) is 0 Å². The molecule has 0 bridgehead atoms. The van der Waals surface area contributed by atoms with E-state index in [4.69, 9.17) is 31.0 Å². The van der Waals surface area contributed by atoms with Crippen molar-refractivity contribution in [2.45, 2.75) is 0 Å². The first-order chi connectivity index (χ1) is 13.7. The second-order valence-corrected chi connectivity index (χ2v) is 6.27. The molecular formula is C22H20ClNO4. The van der Waals surface area contributed by atoms with Crippen LogP contribution in [0.3, 0.4) is 0 Å². The number of hydrogen-bond acceptors (Lipinski definition) is 5. The maximum atomic E-state index is 8.64. The predicted molar refractivity (Wildman–Crippen MR) is 110 cm³/mol. The van der Waals surface area contributed by atoms with Gasteiger partial charge in [0.2, 0.25) is 0 Å². The topological polar surface area (TPSA) is 60.3 Å². The van der Waals surface area contributed by atoms with Crippen LogP contribution >= 0.6 is 11.6 Å². The third-order valence-corrected chi connectivity index (χ3v) is 4.30. The second-order valence-electron chi connectivity index (χ2n) is 5.87. The summed E-state index contributed by atoms with van der Waals surface area (Å²) in [5, 5.41) is 12.0. The van der Waals surface area contributed by atoms with Crippen molar-refractivity contribution in [1.29, 1.82) is 0 Å². The number of oxime groups is 1. The summed E-state index contributed by atoms with van der Waals surface area (Å²) in [7, 11) is 1.52. The monoisotopic (exact) mass is 397 g/mol. The molecule has 0 aliphatic rings. The van der Waals surface area contributed by atoms with Crippen LogP contribution in [0, 0.1) is 0 Å². The number of benzene rings is 3. The van der Waals surface area contributed by atoms with Gasteiger partial charge in [0.1, 0.15) is 19.0 Å². The minimum Gasteiger partial charge on any atom is -0.493 e. The van der Waals surface area contributed by atoms with Crippen LogP contribution in [0.2, 0.25) is 5.02 Å². The third-order valence-electron chi connectivity index (χ3n) is 4.02. The van der Waals surface area contributed by atoms with Crippen LogP contribution in [-0.2, 0) is 0 Å². The summed E-state index contributed by atoms with van der Waals surface area (Å²) < 4.78 is 16.7. The summed E-state index contributed by atoms with van der Waals surface area (Å²) in [6.45, 7) is 0.647. The first kappa shape index (κ1) is 19.6. The van der Waals surface area contributed by atoms with E-state index in [2.05, 4.69) is 17.3 Å². The summed E-state index contributed by atoms with van der Waals surface area (Å²) in [4.78, 5) is 0. The Labute approximate surface area is 168 Å². The van der Waals surface area contributed by atoms with E-state index in [1.54, 1.807) is 12.1 Å². The normalized spacial score (nSPS) is 10.8. The molecule has 3 aromatic carbocycles. The minimum atomic E-state index is 0.296. The number of nitrogens with zero attached hydrogens (tertiary/aromatic N) is 1. The molecule has 0 aliphatic carbocycles. The van der Waals surface area contributed by atoms with Crippen LogP contribution in [0.4, 0.5) is 0 Å². The molecule has 0 aliphatic heterocycles. The average Bonchev–Trinajstić information content (AvgIpc) is 2.73. The number of ether oxygens (including phenoxy) is 3. The summed E-state index contributed by atoms with van der Waals surface area (Å²) >= 11 is 6.23. The highest BCUT2D eigenvalue weighted by Crippen LogP contribution is 2.36. The summed E-state index contributed by atoms with van der Waals surface area (Å²) in [6, 6.07) is 21.4. The van der Waals surface area contributed by atoms with E-state index in [0.29, 0.717) is 35.3 Å². The third kappa shape index (κ3) is 4.96. The van der Waals surface area contributed by atoms with Gasteiger partial charge in [-0.3, -0.25) is 0 Å². The molecule has 0 fully saturated rings. The highest BCUT2D eigenvalue weighted by Gasteiger charge is 2.11. The van der Waals surface area contributed by atoms with Crippen molar-refractivity contribution < 1.29 is 19.4 Å². The van der Waals surface area contributed by atoms with Gasteiger partial charge in [0.15, 0.2) is 11.5 Å². The molecule has 0 aromatic heterocycles. The van der Waals surface area contributed by atoms with Gasteiger partial charge >= 0.3 is 0 Å². The Bertz CT molecular complexity index is 927. The second kappa shape index (κ2) is 9.67. The molecule has 1 N–H and O–H groups in total. The van der Waals surface area contributed by atoms with Gasteiger partial charge < -0.3 is 19.4 Å². The molecular weight excluding hydrogens is 378 g/mol. The lowest BCUT2D eigenvalue weighted by Crippen LogP contribution is -2.10. The van der Waals surface area contributed by atoms with Crippen molar-refractivity contribution in [3.63, 3.8) is 0 Å². The molecule has 0 saturated heterocycles.